The number of anilines is 1. The molecule has 0 fully saturated rings. The molecule has 0 amide bonds. The van der Waals surface area contributed by atoms with E-state index in [-0.39, 0.29) is 5.41 Å². The molecule has 0 aliphatic heterocycles. The zero-order valence-electron chi connectivity index (χ0n) is 14.1. The fourth-order valence-electron chi connectivity index (χ4n) is 2.75. The van der Waals surface area contributed by atoms with Crippen molar-refractivity contribution in [2.24, 2.45) is 5.41 Å². The van der Waals surface area contributed by atoms with Crippen LogP contribution in [0, 0.1) is 5.41 Å². The van der Waals surface area contributed by atoms with Gasteiger partial charge in [-0.15, -0.1) is 5.10 Å². The topological polar surface area (TPSA) is 45.5 Å². The zero-order valence-corrected chi connectivity index (χ0v) is 14.9. The van der Waals surface area contributed by atoms with Crippen LogP contribution in [-0.2, 0) is 0 Å². The first-order valence-electron chi connectivity index (χ1n) is 7.73. The van der Waals surface area contributed by atoms with Gasteiger partial charge in [-0.2, -0.15) is 0 Å². The first-order chi connectivity index (χ1) is 10.9. The summed E-state index contributed by atoms with van der Waals surface area (Å²) >= 11 is 1.59. The van der Waals surface area contributed by atoms with Gasteiger partial charge in [0, 0.05) is 18.7 Å². The van der Waals surface area contributed by atoms with Crippen LogP contribution in [-0.4, -0.2) is 46.7 Å². The number of nitrogens with one attached hydrogen (secondary N) is 1. The summed E-state index contributed by atoms with van der Waals surface area (Å²) in [5.74, 6) is 0. The fourth-order valence-corrected chi connectivity index (χ4v) is 3.52. The number of aromatic nitrogens is 3. The number of nitrogens with zero attached hydrogens (tertiary/aromatic N) is 4. The second-order valence-corrected chi connectivity index (χ2v) is 7.84. The highest BCUT2D eigenvalue weighted by molar-refractivity contribution is 7.20. The third-order valence-corrected chi connectivity index (χ3v) is 4.46. The van der Waals surface area contributed by atoms with E-state index in [9.17, 15) is 0 Å². The van der Waals surface area contributed by atoms with Gasteiger partial charge in [0.25, 0.3) is 0 Å². The molecule has 0 bridgehead atoms. The van der Waals surface area contributed by atoms with Gasteiger partial charge >= 0.3 is 0 Å². The van der Waals surface area contributed by atoms with E-state index in [0.29, 0.717) is 0 Å². The Morgan fingerprint density at radius 2 is 1.96 bits per heavy atom. The highest BCUT2D eigenvalue weighted by atomic mass is 32.1. The lowest BCUT2D eigenvalue weighted by Crippen LogP contribution is -2.34. The summed E-state index contributed by atoms with van der Waals surface area (Å²) in [5, 5.41) is 8.95. The highest BCUT2D eigenvalue weighted by Gasteiger charge is 2.19. The van der Waals surface area contributed by atoms with Gasteiger partial charge in [-0.05, 0) is 19.5 Å². The number of benzene rings is 1. The Bertz CT molecular complexity index is 741. The van der Waals surface area contributed by atoms with Gasteiger partial charge in [-0.25, -0.2) is 9.50 Å². The van der Waals surface area contributed by atoms with Crippen LogP contribution in [0.1, 0.15) is 13.8 Å². The molecule has 0 spiro atoms. The van der Waals surface area contributed by atoms with Crippen molar-refractivity contribution >= 4 is 21.4 Å². The molecule has 1 N–H and O–H groups in total. The molecule has 3 rings (SSSR count). The van der Waals surface area contributed by atoms with Gasteiger partial charge in [0.05, 0.1) is 11.9 Å². The van der Waals surface area contributed by atoms with E-state index in [1.807, 2.05) is 28.9 Å². The molecule has 0 atom stereocenters. The van der Waals surface area contributed by atoms with Crippen molar-refractivity contribution in [1.29, 1.82) is 0 Å². The third kappa shape index (κ3) is 3.89. The smallest absolute Gasteiger partial charge is 0.214 e. The Labute approximate surface area is 141 Å². The van der Waals surface area contributed by atoms with Crippen molar-refractivity contribution in [2.75, 3.05) is 32.5 Å². The Hall–Kier alpha value is -1.92. The number of fused-ring (bicyclic) bond motifs is 1. The van der Waals surface area contributed by atoms with Crippen molar-refractivity contribution in [3.63, 3.8) is 0 Å². The van der Waals surface area contributed by atoms with Crippen molar-refractivity contribution in [3.05, 3.63) is 36.5 Å². The molecule has 3 aromatic rings. The molecule has 122 valence electrons. The van der Waals surface area contributed by atoms with E-state index < -0.39 is 0 Å². The van der Waals surface area contributed by atoms with Gasteiger partial charge in [0.1, 0.15) is 0 Å². The van der Waals surface area contributed by atoms with Crippen LogP contribution in [0.25, 0.3) is 16.2 Å². The summed E-state index contributed by atoms with van der Waals surface area (Å²) < 4.78 is 1.86. The minimum atomic E-state index is 0.187. The number of rotatable bonds is 6. The Kier molecular flexibility index (Phi) is 4.37. The molecule has 1 aromatic carbocycles. The number of imidazole rings is 1. The van der Waals surface area contributed by atoms with Crippen molar-refractivity contribution in [3.8, 4) is 11.3 Å². The second-order valence-electron chi connectivity index (χ2n) is 6.88. The summed E-state index contributed by atoms with van der Waals surface area (Å²) in [6.45, 7) is 6.42. The standard InChI is InChI=1S/C17H23N5S/c1-17(2,12-21(3)4)11-18-15-20-22-10-14(19-16(22)23-15)13-8-6-5-7-9-13/h5-10H,11-12H2,1-4H3,(H,18,20). The van der Waals surface area contributed by atoms with Crippen LogP contribution < -0.4 is 5.32 Å². The molecular weight excluding hydrogens is 306 g/mol. The Balaban J connectivity index is 1.71. The van der Waals surface area contributed by atoms with E-state index in [0.717, 1.165) is 34.4 Å². The van der Waals surface area contributed by atoms with Crippen LogP contribution in [0.3, 0.4) is 0 Å². The first kappa shape index (κ1) is 16.0. The van der Waals surface area contributed by atoms with E-state index >= 15 is 0 Å². The van der Waals surface area contributed by atoms with Gasteiger partial charge in [0.15, 0.2) is 0 Å². The molecule has 0 saturated heterocycles. The first-order valence-corrected chi connectivity index (χ1v) is 8.55. The predicted molar refractivity (Wildman–Crippen MR) is 97.1 cm³/mol. The molecule has 0 radical (unpaired) electrons. The molecule has 2 aromatic heterocycles. The summed E-state index contributed by atoms with van der Waals surface area (Å²) in [7, 11) is 4.20. The molecule has 0 aliphatic rings. The average molecular weight is 329 g/mol. The quantitative estimate of drug-likeness (QED) is 0.752. The maximum Gasteiger partial charge on any atom is 0.214 e. The summed E-state index contributed by atoms with van der Waals surface area (Å²) in [4.78, 5) is 7.79. The molecule has 23 heavy (non-hydrogen) atoms. The maximum absolute atomic E-state index is 4.67. The monoisotopic (exact) mass is 329 g/mol. The third-order valence-electron chi connectivity index (χ3n) is 3.58. The predicted octanol–water partition coefficient (Wildman–Crippen LogP) is 3.46. The summed E-state index contributed by atoms with van der Waals surface area (Å²) in [6, 6.07) is 10.2. The number of hydrogen-bond acceptors (Lipinski definition) is 5. The molecule has 0 saturated carbocycles. The van der Waals surface area contributed by atoms with E-state index in [1.54, 1.807) is 11.3 Å². The highest BCUT2D eigenvalue weighted by Crippen LogP contribution is 2.25. The summed E-state index contributed by atoms with van der Waals surface area (Å²) in [5.41, 5.74) is 2.27. The molecule has 0 aliphatic carbocycles. The number of hydrogen-bond donors (Lipinski definition) is 1. The lowest BCUT2D eigenvalue weighted by Gasteiger charge is -2.28. The molecule has 6 heteroatoms. The lowest BCUT2D eigenvalue weighted by atomic mass is 9.93. The molecule has 2 heterocycles. The maximum atomic E-state index is 4.67. The van der Waals surface area contributed by atoms with E-state index in [2.05, 4.69) is 60.4 Å². The minimum Gasteiger partial charge on any atom is -0.359 e. The normalized spacial score (nSPS) is 12.2. The van der Waals surface area contributed by atoms with Gasteiger partial charge in [0.2, 0.25) is 10.1 Å². The van der Waals surface area contributed by atoms with Crippen LogP contribution >= 0.6 is 11.3 Å². The van der Waals surface area contributed by atoms with Gasteiger partial charge in [-0.3, -0.25) is 0 Å². The van der Waals surface area contributed by atoms with Crippen molar-refractivity contribution < 1.29 is 0 Å². The largest absolute Gasteiger partial charge is 0.359 e. The molecule has 0 unspecified atom stereocenters. The van der Waals surface area contributed by atoms with Gasteiger partial charge in [-0.1, -0.05) is 55.5 Å². The summed E-state index contributed by atoms with van der Waals surface area (Å²) in [6.07, 6.45) is 1.98. The SMILES string of the molecule is CN(C)CC(C)(C)CNc1nn2cc(-c3ccccc3)nc2s1. The minimum absolute atomic E-state index is 0.187. The van der Waals surface area contributed by atoms with Gasteiger partial charge < -0.3 is 10.2 Å². The van der Waals surface area contributed by atoms with Crippen LogP contribution in [0.2, 0.25) is 0 Å². The fraction of sp³-hybridized carbons (Fsp3) is 0.412. The Morgan fingerprint density at radius 3 is 2.61 bits per heavy atom. The van der Waals surface area contributed by atoms with Crippen molar-refractivity contribution in [1.82, 2.24) is 19.5 Å². The van der Waals surface area contributed by atoms with Crippen LogP contribution in [0.15, 0.2) is 36.5 Å². The van der Waals surface area contributed by atoms with E-state index in [4.69, 9.17) is 0 Å². The van der Waals surface area contributed by atoms with Crippen LogP contribution in [0.4, 0.5) is 5.13 Å². The molecular formula is C17H23N5S. The van der Waals surface area contributed by atoms with Crippen molar-refractivity contribution in [2.45, 2.75) is 13.8 Å². The Morgan fingerprint density at radius 1 is 1.22 bits per heavy atom. The second kappa shape index (κ2) is 6.29. The zero-order chi connectivity index (χ0) is 16.4. The van der Waals surface area contributed by atoms with Crippen LogP contribution in [0.5, 0.6) is 0 Å². The van der Waals surface area contributed by atoms with E-state index in [1.165, 1.54) is 0 Å². The molecule has 5 nitrogen and oxygen atoms in total. The lowest BCUT2D eigenvalue weighted by molar-refractivity contribution is 0.254. The average Bonchev–Trinajstić information content (AvgIpc) is 3.03.